The third-order valence-electron chi connectivity index (χ3n) is 5.54. The van der Waals surface area contributed by atoms with Crippen molar-refractivity contribution in [2.45, 2.75) is 38.8 Å². The van der Waals surface area contributed by atoms with Gasteiger partial charge in [-0.3, -0.25) is 0 Å². The van der Waals surface area contributed by atoms with E-state index in [1.54, 1.807) is 19.2 Å². The Balaban J connectivity index is 2.01. The maximum Gasteiger partial charge on any atom is 0.172 e. The second kappa shape index (κ2) is 6.85. The van der Waals surface area contributed by atoms with E-state index in [1.807, 2.05) is 6.07 Å². The summed E-state index contributed by atoms with van der Waals surface area (Å²) < 4.78 is 11.9. The van der Waals surface area contributed by atoms with Crippen LogP contribution in [0.1, 0.15) is 44.4 Å². The molecule has 0 radical (unpaired) electrons. The first-order valence-electron chi connectivity index (χ1n) is 9.75. The van der Waals surface area contributed by atoms with E-state index in [1.165, 1.54) is 0 Å². The molecule has 0 aromatic heterocycles. The molecule has 0 amide bonds. The molecule has 0 saturated heterocycles. The number of aromatic hydroxyl groups is 1. The minimum absolute atomic E-state index is 0.0725. The number of ether oxygens (including phenoxy) is 2. The van der Waals surface area contributed by atoms with Crippen molar-refractivity contribution >= 4 is 11.3 Å². The summed E-state index contributed by atoms with van der Waals surface area (Å²) in [5, 5.41) is 23.5. The Morgan fingerprint density at radius 3 is 2.69 bits per heavy atom. The van der Waals surface area contributed by atoms with Crippen LogP contribution in [0.25, 0.3) is 16.7 Å². The predicted octanol–water partition coefficient (Wildman–Crippen LogP) is 5.05. The number of fused-ring (bicyclic) bond motifs is 5. The van der Waals surface area contributed by atoms with Crippen LogP contribution in [0.3, 0.4) is 0 Å². The van der Waals surface area contributed by atoms with Gasteiger partial charge in [0.05, 0.1) is 24.8 Å². The molecule has 0 saturated carbocycles. The third-order valence-corrected chi connectivity index (χ3v) is 5.54. The van der Waals surface area contributed by atoms with Gasteiger partial charge in [0.1, 0.15) is 11.9 Å². The molecule has 2 aromatic rings. The van der Waals surface area contributed by atoms with E-state index < -0.39 is 0 Å². The molecule has 3 N–H and O–H groups in total. The highest BCUT2D eigenvalue weighted by Crippen LogP contribution is 2.54. The van der Waals surface area contributed by atoms with Gasteiger partial charge in [-0.15, -0.1) is 0 Å². The van der Waals surface area contributed by atoms with E-state index >= 15 is 0 Å². The lowest BCUT2D eigenvalue weighted by Crippen LogP contribution is -2.32. The van der Waals surface area contributed by atoms with Gasteiger partial charge in [0.15, 0.2) is 11.5 Å². The Kier molecular flexibility index (Phi) is 4.58. The molecule has 0 bridgehead atoms. The van der Waals surface area contributed by atoms with Crippen LogP contribution in [-0.4, -0.2) is 29.5 Å². The number of anilines is 1. The lowest BCUT2D eigenvalue weighted by molar-refractivity contribution is 0.194. The monoisotopic (exact) mass is 393 g/mol. The fourth-order valence-electron chi connectivity index (χ4n) is 4.49. The van der Waals surface area contributed by atoms with Crippen LogP contribution in [0, 0.1) is 0 Å². The quantitative estimate of drug-likeness (QED) is 0.634. The summed E-state index contributed by atoms with van der Waals surface area (Å²) in [4.78, 5) is 0. The number of aliphatic hydroxyl groups is 1. The number of phenols is 1. The zero-order chi connectivity index (χ0) is 20.9. The maximum absolute atomic E-state index is 10.3. The topological polar surface area (TPSA) is 71.0 Å². The van der Waals surface area contributed by atoms with Gasteiger partial charge in [-0.1, -0.05) is 18.7 Å². The molecule has 2 heterocycles. The first-order valence-corrected chi connectivity index (χ1v) is 9.75. The number of methoxy groups -OCH3 is 1. The second-order valence-corrected chi connectivity index (χ2v) is 8.33. The van der Waals surface area contributed by atoms with E-state index in [0.29, 0.717) is 23.5 Å². The van der Waals surface area contributed by atoms with Crippen LogP contribution in [-0.2, 0) is 0 Å². The van der Waals surface area contributed by atoms with E-state index in [2.05, 4.69) is 44.8 Å². The van der Waals surface area contributed by atoms with Gasteiger partial charge < -0.3 is 25.0 Å². The molecule has 0 aliphatic carbocycles. The number of benzene rings is 2. The van der Waals surface area contributed by atoms with Crippen molar-refractivity contribution in [3.63, 3.8) is 0 Å². The Bertz CT molecular complexity index is 1040. The van der Waals surface area contributed by atoms with Crippen LogP contribution in [0.4, 0.5) is 5.69 Å². The fraction of sp³-hybridized carbons (Fsp3) is 0.333. The van der Waals surface area contributed by atoms with Crippen molar-refractivity contribution in [2.24, 2.45) is 0 Å². The molecule has 2 aliphatic rings. The molecule has 1 unspecified atom stereocenters. The van der Waals surface area contributed by atoms with Crippen molar-refractivity contribution in [1.82, 2.24) is 0 Å². The first kappa shape index (κ1) is 19.4. The van der Waals surface area contributed by atoms with Crippen LogP contribution in [0.2, 0.25) is 0 Å². The number of rotatable bonds is 4. The van der Waals surface area contributed by atoms with Gasteiger partial charge in [-0.05, 0) is 55.7 Å². The number of phenolic OH excluding ortho intramolecular Hbond substituents is 1. The Hall–Kier alpha value is -2.92. The molecule has 0 fully saturated rings. The molecule has 5 nitrogen and oxygen atoms in total. The zero-order valence-electron chi connectivity index (χ0n) is 17.3. The van der Waals surface area contributed by atoms with Crippen molar-refractivity contribution in [2.75, 3.05) is 19.0 Å². The molecule has 0 spiro atoms. The number of aliphatic hydroxyl groups excluding tert-OH is 1. The summed E-state index contributed by atoms with van der Waals surface area (Å²) in [5.41, 5.74) is 6.57. The van der Waals surface area contributed by atoms with Crippen molar-refractivity contribution in [1.29, 1.82) is 0 Å². The van der Waals surface area contributed by atoms with Crippen LogP contribution < -0.4 is 14.8 Å². The Labute approximate surface area is 171 Å². The molecular formula is C24H27NO4. The minimum Gasteiger partial charge on any atom is -0.504 e. The standard InChI is InChI=1S/C24H27NO4/c1-13(12-26)10-19-21-15(22-18(29-19)9-8-17(27)23(22)28-5)6-7-16-20(21)14(2)11-24(3,4)25-16/h6-9,11,19,25-27H,1,10,12H2,2-5H3. The summed E-state index contributed by atoms with van der Waals surface area (Å²) in [5.74, 6) is 1.12. The minimum atomic E-state index is -0.298. The van der Waals surface area contributed by atoms with Crippen LogP contribution >= 0.6 is 0 Å². The summed E-state index contributed by atoms with van der Waals surface area (Å²) in [6.45, 7) is 10.3. The lowest BCUT2D eigenvalue weighted by Gasteiger charge is -2.37. The Morgan fingerprint density at radius 1 is 1.24 bits per heavy atom. The first-order chi connectivity index (χ1) is 13.8. The van der Waals surface area contributed by atoms with Crippen molar-refractivity contribution < 1.29 is 19.7 Å². The molecule has 1 atom stereocenters. The van der Waals surface area contributed by atoms with E-state index in [9.17, 15) is 10.2 Å². The average Bonchev–Trinajstić information content (AvgIpc) is 2.66. The third kappa shape index (κ3) is 3.15. The fourth-order valence-corrected chi connectivity index (χ4v) is 4.49. The number of hydrogen-bond donors (Lipinski definition) is 3. The highest BCUT2D eigenvalue weighted by molar-refractivity contribution is 5.92. The van der Waals surface area contributed by atoms with Crippen molar-refractivity contribution in [3.8, 4) is 28.4 Å². The normalized spacial score (nSPS) is 18.4. The summed E-state index contributed by atoms with van der Waals surface area (Å²) >= 11 is 0. The second-order valence-electron chi connectivity index (χ2n) is 8.33. The summed E-state index contributed by atoms with van der Waals surface area (Å²) in [6, 6.07) is 7.46. The number of allylic oxidation sites excluding steroid dienone is 1. The van der Waals surface area contributed by atoms with Gasteiger partial charge >= 0.3 is 0 Å². The van der Waals surface area contributed by atoms with Crippen LogP contribution in [0.5, 0.6) is 17.2 Å². The van der Waals surface area contributed by atoms with Crippen LogP contribution in [0.15, 0.2) is 42.5 Å². The summed E-state index contributed by atoms with van der Waals surface area (Å²) in [6.07, 6.45) is 2.41. The maximum atomic E-state index is 10.3. The van der Waals surface area contributed by atoms with Gasteiger partial charge in [0.25, 0.3) is 0 Å². The molecular weight excluding hydrogens is 366 g/mol. The Morgan fingerprint density at radius 2 is 2.00 bits per heavy atom. The van der Waals surface area contributed by atoms with Gasteiger partial charge in [-0.2, -0.15) is 0 Å². The summed E-state index contributed by atoms with van der Waals surface area (Å²) in [7, 11) is 1.54. The largest absolute Gasteiger partial charge is 0.504 e. The number of nitrogens with one attached hydrogen (secondary N) is 1. The van der Waals surface area contributed by atoms with Gasteiger partial charge in [0.2, 0.25) is 0 Å². The highest BCUT2D eigenvalue weighted by atomic mass is 16.5. The molecule has 29 heavy (non-hydrogen) atoms. The molecule has 4 rings (SSSR count). The highest BCUT2D eigenvalue weighted by Gasteiger charge is 2.35. The van der Waals surface area contributed by atoms with Gasteiger partial charge in [-0.25, -0.2) is 0 Å². The zero-order valence-corrected chi connectivity index (χ0v) is 17.3. The van der Waals surface area contributed by atoms with E-state index in [-0.39, 0.29) is 24.0 Å². The van der Waals surface area contributed by atoms with E-state index in [4.69, 9.17) is 9.47 Å². The smallest absolute Gasteiger partial charge is 0.172 e. The average molecular weight is 393 g/mol. The number of hydrogen-bond acceptors (Lipinski definition) is 5. The molecule has 2 aromatic carbocycles. The van der Waals surface area contributed by atoms with Gasteiger partial charge in [0, 0.05) is 23.2 Å². The van der Waals surface area contributed by atoms with E-state index in [0.717, 1.165) is 33.5 Å². The molecule has 2 aliphatic heterocycles. The molecule has 5 heteroatoms. The predicted molar refractivity (Wildman–Crippen MR) is 116 cm³/mol. The lowest BCUT2D eigenvalue weighted by atomic mass is 9.80. The van der Waals surface area contributed by atoms with Crippen molar-refractivity contribution in [3.05, 3.63) is 53.6 Å². The molecule has 152 valence electrons. The SMILES string of the molecule is C=C(CO)CC1Oc2ccc(O)c(OC)c2-c2ccc3c(c21)C(C)=CC(C)(C)N3.